The van der Waals surface area contributed by atoms with E-state index in [2.05, 4.69) is 25.1 Å². The molecule has 0 spiro atoms. The van der Waals surface area contributed by atoms with E-state index >= 15 is 0 Å². The summed E-state index contributed by atoms with van der Waals surface area (Å²) in [7, 11) is 1.39. The van der Waals surface area contributed by atoms with Gasteiger partial charge in [0.05, 0.1) is 13.7 Å². The first-order valence-electron chi connectivity index (χ1n) is 9.99. The average molecular weight is 557 g/mol. The summed E-state index contributed by atoms with van der Waals surface area (Å²) >= 11 is 0. The van der Waals surface area contributed by atoms with Crippen LogP contribution in [-0.2, 0) is 16.1 Å². The van der Waals surface area contributed by atoms with E-state index in [9.17, 15) is 13.6 Å². The monoisotopic (exact) mass is 557 g/mol. The number of halogens is 3. The molecule has 2 rings (SSSR count). The summed E-state index contributed by atoms with van der Waals surface area (Å²) in [5, 5.41) is 6.34. The fourth-order valence-electron chi connectivity index (χ4n) is 2.86. The molecule has 11 heteroatoms. The molecule has 0 aliphatic carbocycles. The molecule has 0 bridgehead atoms. The molecule has 1 heterocycles. The van der Waals surface area contributed by atoms with Gasteiger partial charge in [-0.15, -0.1) is 24.0 Å². The van der Waals surface area contributed by atoms with Gasteiger partial charge in [0.1, 0.15) is 5.75 Å². The van der Waals surface area contributed by atoms with E-state index < -0.39 is 6.61 Å². The third-order valence-corrected chi connectivity index (χ3v) is 4.35. The minimum Gasteiger partial charge on any atom is -0.469 e. The Bertz CT molecular complexity index is 722. The van der Waals surface area contributed by atoms with Crippen molar-refractivity contribution in [3.05, 3.63) is 17.7 Å². The lowest BCUT2D eigenvalue weighted by atomic mass is 10.1. The Hall–Kier alpha value is -2.05. The van der Waals surface area contributed by atoms with Gasteiger partial charge in [-0.25, -0.2) is 4.99 Å². The maximum absolute atomic E-state index is 12.7. The number of carbonyl (C=O) groups is 1. The molecule has 1 aliphatic heterocycles. The van der Waals surface area contributed by atoms with Gasteiger partial charge in [-0.05, 0) is 25.8 Å². The predicted octanol–water partition coefficient (Wildman–Crippen LogP) is 3.81. The molecule has 0 radical (unpaired) electrons. The van der Waals surface area contributed by atoms with E-state index in [-0.39, 0.29) is 49.0 Å². The number of ether oxygens (including phenoxy) is 4. The van der Waals surface area contributed by atoms with Crippen LogP contribution in [-0.4, -0.2) is 45.5 Å². The number of carbonyl (C=O) groups excluding carboxylic acids is 1. The van der Waals surface area contributed by atoms with Gasteiger partial charge in [0.15, 0.2) is 17.5 Å². The molecule has 0 amide bonds. The van der Waals surface area contributed by atoms with Crippen LogP contribution < -0.4 is 24.8 Å². The molecule has 0 saturated carbocycles. The number of guanidine groups is 1. The third kappa shape index (κ3) is 9.74. The molecule has 1 aromatic rings. The average Bonchev–Trinajstić information content (AvgIpc) is 3.17. The molecular formula is C20H30F2IN3O5. The van der Waals surface area contributed by atoms with Gasteiger partial charge in [-0.3, -0.25) is 4.79 Å². The minimum absolute atomic E-state index is 0. The van der Waals surface area contributed by atoms with Crippen molar-refractivity contribution in [3.63, 3.8) is 0 Å². The Morgan fingerprint density at radius 2 is 1.87 bits per heavy atom. The molecule has 0 saturated heterocycles. The predicted molar refractivity (Wildman–Crippen MR) is 123 cm³/mol. The number of hydrogen-bond donors (Lipinski definition) is 2. The van der Waals surface area contributed by atoms with Crippen molar-refractivity contribution in [1.29, 1.82) is 0 Å². The SMILES string of the molecule is CCNC(=NCc1cc2c(cc1OC(F)F)OCO2)NCCCCCCC(=O)OC.I. The number of aliphatic imine (C=N–C) groups is 1. The van der Waals surface area contributed by atoms with Crippen LogP contribution in [0.4, 0.5) is 8.78 Å². The van der Waals surface area contributed by atoms with Crippen molar-refractivity contribution >= 4 is 35.9 Å². The van der Waals surface area contributed by atoms with Gasteiger partial charge in [0.25, 0.3) is 0 Å². The molecule has 8 nitrogen and oxygen atoms in total. The summed E-state index contributed by atoms with van der Waals surface area (Å²) in [5.41, 5.74) is 0.472. The van der Waals surface area contributed by atoms with E-state index in [0.29, 0.717) is 42.5 Å². The van der Waals surface area contributed by atoms with Gasteiger partial charge in [0.2, 0.25) is 6.79 Å². The Morgan fingerprint density at radius 1 is 1.16 bits per heavy atom. The van der Waals surface area contributed by atoms with Gasteiger partial charge in [-0.1, -0.05) is 12.8 Å². The quantitative estimate of drug-likeness (QED) is 0.133. The molecule has 176 valence electrons. The van der Waals surface area contributed by atoms with Crippen LogP contribution in [0.5, 0.6) is 17.2 Å². The van der Waals surface area contributed by atoms with Crippen LogP contribution in [0.2, 0.25) is 0 Å². The smallest absolute Gasteiger partial charge is 0.387 e. The van der Waals surface area contributed by atoms with Crippen LogP contribution >= 0.6 is 24.0 Å². The molecular weight excluding hydrogens is 527 g/mol. The highest BCUT2D eigenvalue weighted by molar-refractivity contribution is 14.0. The van der Waals surface area contributed by atoms with E-state index in [0.717, 1.165) is 25.7 Å². The van der Waals surface area contributed by atoms with E-state index in [1.807, 2.05) is 6.92 Å². The number of rotatable bonds is 12. The molecule has 0 atom stereocenters. The molecule has 1 aliphatic rings. The van der Waals surface area contributed by atoms with Crippen molar-refractivity contribution in [2.75, 3.05) is 27.0 Å². The highest BCUT2D eigenvalue weighted by Crippen LogP contribution is 2.39. The Balaban J connectivity index is 0.00000480. The fourth-order valence-corrected chi connectivity index (χ4v) is 2.86. The number of hydrogen-bond acceptors (Lipinski definition) is 6. The van der Waals surface area contributed by atoms with Gasteiger partial charge in [-0.2, -0.15) is 8.78 Å². The second kappa shape index (κ2) is 14.9. The van der Waals surface area contributed by atoms with Crippen LogP contribution in [0, 0.1) is 0 Å². The maximum atomic E-state index is 12.7. The zero-order valence-corrected chi connectivity index (χ0v) is 20.1. The lowest BCUT2D eigenvalue weighted by Gasteiger charge is -2.13. The van der Waals surface area contributed by atoms with E-state index in [1.54, 1.807) is 6.07 Å². The Morgan fingerprint density at radius 3 is 2.55 bits per heavy atom. The van der Waals surface area contributed by atoms with Crippen LogP contribution in [0.15, 0.2) is 17.1 Å². The highest BCUT2D eigenvalue weighted by atomic mass is 127. The first kappa shape index (κ1) is 27.0. The van der Waals surface area contributed by atoms with Crippen molar-refractivity contribution in [2.24, 2.45) is 4.99 Å². The normalized spacial score (nSPS) is 12.4. The fraction of sp³-hybridized carbons (Fsp3) is 0.600. The number of nitrogens with zero attached hydrogens (tertiary/aromatic N) is 1. The number of esters is 1. The first-order chi connectivity index (χ1) is 14.5. The van der Waals surface area contributed by atoms with Gasteiger partial charge in [0, 0.05) is 31.1 Å². The topological polar surface area (TPSA) is 90.4 Å². The van der Waals surface area contributed by atoms with E-state index in [1.165, 1.54) is 13.2 Å². The highest BCUT2D eigenvalue weighted by Gasteiger charge is 2.20. The second-order valence-corrected chi connectivity index (χ2v) is 6.55. The summed E-state index contributed by atoms with van der Waals surface area (Å²) in [6.45, 7) is 0.528. The standard InChI is InChI=1S/C20H29F2N3O5.HI/c1-3-23-20(24-9-7-5-4-6-8-18(26)27-2)25-12-14-10-16-17(29-13-28-16)11-15(14)30-19(21)22;/h10-11,19H,3-9,12-13H2,1-2H3,(H2,23,24,25);1H. The zero-order valence-electron chi connectivity index (χ0n) is 17.7. The van der Waals surface area contributed by atoms with Gasteiger partial charge >= 0.3 is 12.6 Å². The Labute approximate surface area is 198 Å². The lowest BCUT2D eigenvalue weighted by molar-refractivity contribution is -0.140. The third-order valence-electron chi connectivity index (χ3n) is 4.35. The number of fused-ring (bicyclic) bond motifs is 1. The number of unbranched alkanes of at least 4 members (excludes halogenated alkanes) is 3. The molecule has 0 unspecified atom stereocenters. The van der Waals surface area contributed by atoms with Gasteiger partial charge < -0.3 is 29.6 Å². The zero-order chi connectivity index (χ0) is 21.8. The van der Waals surface area contributed by atoms with Crippen molar-refractivity contribution < 1.29 is 32.5 Å². The minimum atomic E-state index is -2.95. The molecule has 0 aromatic heterocycles. The number of alkyl halides is 2. The van der Waals surface area contributed by atoms with Crippen molar-refractivity contribution in [3.8, 4) is 17.2 Å². The maximum Gasteiger partial charge on any atom is 0.387 e. The summed E-state index contributed by atoms with van der Waals surface area (Å²) in [6.07, 6.45) is 4.06. The Kier molecular flexibility index (Phi) is 12.9. The molecule has 2 N–H and O–H groups in total. The number of methoxy groups -OCH3 is 1. The summed E-state index contributed by atoms with van der Waals surface area (Å²) in [6, 6.07) is 3.00. The molecule has 31 heavy (non-hydrogen) atoms. The summed E-state index contributed by atoms with van der Waals surface area (Å²) in [4.78, 5) is 15.5. The number of benzene rings is 1. The molecule has 1 aromatic carbocycles. The van der Waals surface area contributed by atoms with Crippen LogP contribution in [0.3, 0.4) is 0 Å². The van der Waals surface area contributed by atoms with Crippen LogP contribution in [0.1, 0.15) is 44.6 Å². The number of nitrogens with one attached hydrogen (secondary N) is 2. The molecule has 0 fully saturated rings. The summed E-state index contributed by atoms with van der Waals surface area (Å²) in [5.74, 6) is 1.25. The largest absolute Gasteiger partial charge is 0.469 e. The van der Waals surface area contributed by atoms with Crippen molar-refractivity contribution in [2.45, 2.75) is 52.2 Å². The first-order valence-corrected chi connectivity index (χ1v) is 9.99. The summed E-state index contributed by atoms with van der Waals surface area (Å²) < 4.78 is 45.3. The van der Waals surface area contributed by atoms with E-state index in [4.69, 9.17) is 9.47 Å². The lowest BCUT2D eigenvalue weighted by Crippen LogP contribution is -2.37. The van der Waals surface area contributed by atoms with Crippen molar-refractivity contribution in [1.82, 2.24) is 10.6 Å². The second-order valence-electron chi connectivity index (χ2n) is 6.55. The van der Waals surface area contributed by atoms with Crippen LogP contribution in [0.25, 0.3) is 0 Å².